The Kier molecular flexibility index (Phi) is 6.11. The van der Waals surface area contributed by atoms with Crippen molar-refractivity contribution in [3.05, 3.63) is 28.2 Å². The number of ether oxygens (including phenoxy) is 2. The van der Waals surface area contributed by atoms with E-state index in [4.69, 9.17) is 14.6 Å². The molecule has 0 radical (unpaired) electrons. The second-order valence-corrected chi connectivity index (χ2v) is 4.40. The first-order valence-corrected chi connectivity index (χ1v) is 6.23. The Morgan fingerprint density at radius 1 is 1.50 bits per heavy atom. The number of hydrogen-bond acceptors (Lipinski definition) is 4. The summed E-state index contributed by atoms with van der Waals surface area (Å²) < 4.78 is 10.9. The Bertz CT molecular complexity index is 407. The summed E-state index contributed by atoms with van der Waals surface area (Å²) in [5, 5.41) is 18.2. The zero-order chi connectivity index (χ0) is 13.5. The molecule has 0 heterocycles. The molecule has 100 valence electrons. The lowest BCUT2D eigenvalue weighted by molar-refractivity contribution is -0.143. The van der Waals surface area contributed by atoms with Gasteiger partial charge >= 0.3 is 5.97 Å². The molecular weight excluding hydrogens is 304 g/mol. The molecule has 0 aliphatic carbocycles. The molecule has 0 fully saturated rings. The average molecular weight is 319 g/mol. The highest BCUT2D eigenvalue weighted by Crippen LogP contribution is 2.28. The highest BCUT2D eigenvalue weighted by molar-refractivity contribution is 9.10. The summed E-state index contributed by atoms with van der Waals surface area (Å²) in [4.78, 5) is 10.3. The Hall–Kier alpha value is -1.11. The zero-order valence-corrected chi connectivity index (χ0v) is 11.5. The highest BCUT2D eigenvalue weighted by Gasteiger charge is 2.11. The smallest absolute Gasteiger partial charge is 0.329 e. The fraction of sp³-hybridized carbons (Fsp3) is 0.417. The van der Waals surface area contributed by atoms with E-state index in [1.54, 1.807) is 18.2 Å². The van der Waals surface area contributed by atoms with Crippen molar-refractivity contribution < 1.29 is 24.5 Å². The Balaban J connectivity index is 2.60. The van der Waals surface area contributed by atoms with Gasteiger partial charge in [0.05, 0.1) is 17.7 Å². The molecule has 1 aromatic rings. The largest absolute Gasteiger partial charge is 0.493 e. The van der Waals surface area contributed by atoms with E-state index in [0.29, 0.717) is 17.9 Å². The van der Waals surface area contributed by atoms with Crippen molar-refractivity contribution in [2.24, 2.45) is 0 Å². The molecule has 18 heavy (non-hydrogen) atoms. The second-order valence-electron chi connectivity index (χ2n) is 3.55. The van der Waals surface area contributed by atoms with Crippen molar-refractivity contribution in [1.29, 1.82) is 0 Å². The lowest BCUT2D eigenvalue weighted by atomic mass is 10.1. The van der Waals surface area contributed by atoms with Crippen LogP contribution in [-0.2, 0) is 9.53 Å². The molecule has 6 heteroatoms. The van der Waals surface area contributed by atoms with Crippen molar-refractivity contribution in [2.75, 3.05) is 19.8 Å². The molecule has 0 spiro atoms. The SMILES string of the molecule is CCOc1ccc(C(O)COCC(=O)O)cc1Br. The molecule has 0 aliphatic heterocycles. The van der Waals surface area contributed by atoms with E-state index < -0.39 is 18.7 Å². The lowest BCUT2D eigenvalue weighted by Gasteiger charge is -2.13. The molecule has 0 saturated carbocycles. The Labute approximate surface area is 113 Å². The molecule has 0 saturated heterocycles. The van der Waals surface area contributed by atoms with Crippen molar-refractivity contribution in [3.63, 3.8) is 0 Å². The fourth-order valence-corrected chi connectivity index (χ4v) is 1.86. The first kappa shape index (κ1) is 14.9. The van der Waals surface area contributed by atoms with E-state index in [1.807, 2.05) is 6.92 Å². The van der Waals surface area contributed by atoms with Gasteiger partial charge in [-0.15, -0.1) is 0 Å². The maximum Gasteiger partial charge on any atom is 0.329 e. The first-order chi connectivity index (χ1) is 8.54. The van der Waals surface area contributed by atoms with Gasteiger partial charge in [-0.25, -0.2) is 4.79 Å². The fourth-order valence-electron chi connectivity index (χ4n) is 1.35. The van der Waals surface area contributed by atoms with Crippen LogP contribution < -0.4 is 4.74 Å². The van der Waals surface area contributed by atoms with Gasteiger partial charge in [-0.1, -0.05) is 6.07 Å². The van der Waals surface area contributed by atoms with E-state index in [0.717, 1.165) is 4.47 Å². The summed E-state index contributed by atoms with van der Waals surface area (Å²) in [5.74, 6) is -0.366. The molecule has 0 aromatic heterocycles. The van der Waals surface area contributed by atoms with Crippen LogP contribution in [0.25, 0.3) is 0 Å². The van der Waals surface area contributed by atoms with Gasteiger partial charge in [0.1, 0.15) is 18.5 Å². The van der Waals surface area contributed by atoms with Crippen molar-refractivity contribution in [2.45, 2.75) is 13.0 Å². The van der Waals surface area contributed by atoms with Gasteiger partial charge in [0.25, 0.3) is 0 Å². The number of benzene rings is 1. The van der Waals surface area contributed by atoms with Crippen LogP contribution in [0.5, 0.6) is 5.75 Å². The predicted molar refractivity (Wildman–Crippen MR) is 68.7 cm³/mol. The summed E-state index contributed by atoms with van der Waals surface area (Å²) in [6, 6.07) is 5.17. The molecule has 5 nitrogen and oxygen atoms in total. The Morgan fingerprint density at radius 3 is 2.78 bits per heavy atom. The maximum absolute atomic E-state index is 10.3. The average Bonchev–Trinajstić information content (AvgIpc) is 2.31. The van der Waals surface area contributed by atoms with Gasteiger partial charge in [-0.05, 0) is 40.5 Å². The van der Waals surface area contributed by atoms with Crippen LogP contribution >= 0.6 is 15.9 Å². The number of carboxylic acids is 1. The number of aliphatic hydroxyl groups is 1. The predicted octanol–water partition coefficient (Wildman–Crippen LogP) is 1.98. The number of rotatable bonds is 7. The third-order valence-corrected chi connectivity index (χ3v) is 2.76. The van der Waals surface area contributed by atoms with E-state index in [-0.39, 0.29) is 6.61 Å². The molecule has 1 rings (SSSR count). The Morgan fingerprint density at radius 2 is 2.22 bits per heavy atom. The summed E-state index contributed by atoms with van der Waals surface area (Å²) in [7, 11) is 0. The summed E-state index contributed by atoms with van der Waals surface area (Å²) in [6.07, 6.45) is -0.865. The van der Waals surface area contributed by atoms with Gasteiger partial charge in [0.2, 0.25) is 0 Å². The van der Waals surface area contributed by atoms with Crippen LogP contribution in [0, 0.1) is 0 Å². The van der Waals surface area contributed by atoms with Crippen LogP contribution in [0.3, 0.4) is 0 Å². The topological polar surface area (TPSA) is 76.0 Å². The van der Waals surface area contributed by atoms with Crippen molar-refractivity contribution >= 4 is 21.9 Å². The lowest BCUT2D eigenvalue weighted by Crippen LogP contribution is -2.13. The van der Waals surface area contributed by atoms with Crippen LogP contribution in [-0.4, -0.2) is 36.0 Å². The van der Waals surface area contributed by atoms with Crippen LogP contribution in [0.1, 0.15) is 18.6 Å². The van der Waals surface area contributed by atoms with Gasteiger partial charge < -0.3 is 19.7 Å². The minimum absolute atomic E-state index is 0.0628. The van der Waals surface area contributed by atoms with E-state index >= 15 is 0 Å². The number of aliphatic carboxylic acids is 1. The molecule has 2 N–H and O–H groups in total. The third-order valence-electron chi connectivity index (χ3n) is 2.14. The molecule has 0 aliphatic rings. The first-order valence-electron chi connectivity index (χ1n) is 5.44. The van der Waals surface area contributed by atoms with Gasteiger partial charge in [0, 0.05) is 0 Å². The minimum atomic E-state index is -1.06. The molecule has 0 amide bonds. The normalized spacial score (nSPS) is 12.2. The van der Waals surface area contributed by atoms with Crippen molar-refractivity contribution in [3.8, 4) is 5.75 Å². The molecule has 1 unspecified atom stereocenters. The number of halogens is 1. The van der Waals surface area contributed by atoms with Crippen LogP contribution in [0.2, 0.25) is 0 Å². The van der Waals surface area contributed by atoms with Gasteiger partial charge in [0.15, 0.2) is 0 Å². The molecule has 1 atom stereocenters. The quantitative estimate of drug-likeness (QED) is 0.804. The molecular formula is C12H15BrO5. The molecule has 1 aromatic carbocycles. The van der Waals surface area contributed by atoms with E-state index in [2.05, 4.69) is 15.9 Å². The monoisotopic (exact) mass is 318 g/mol. The van der Waals surface area contributed by atoms with Crippen LogP contribution in [0.4, 0.5) is 0 Å². The molecule has 0 bridgehead atoms. The minimum Gasteiger partial charge on any atom is -0.493 e. The summed E-state index contributed by atoms with van der Waals surface area (Å²) >= 11 is 3.34. The van der Waals surface area contributed by atoms with E-state index in [9.17, 15) is 9.90 Å². The van der Waals surface area contributed by atoms with Gasteiger partial charge in [-0.2, -0.15) is 0 Å². The summed E-state index contributed by atoms with van der Waals surface area (Å²) in [5.41, 5.74) is 0.635. The van der Waals surface area contributed by atoms with Crippen molar-refractivity contribution in [1.82, 2.24) is 0 Å². The number of carboxylic acid groups (broad SMARTS) is 1. The third kappa shape index (κ3) is 4.64. The van der Waals surface area contributed by atoms with E-state index in [1.165, 1.54) is 0 Å². The summed E-state index contributed by atoms with van der Waals surface area (Å²) in [6.45, 7) is 1.96. The number of aliphatic hydroxyl groups excluding tert-OH is 1. The van der Waals surface area contributed by atoms with Crippen LogP contribution in [0.15, 0.2) is 22.7 Å². The number of hydrogen-bond donors (Lipinski definition) is 2. The second kappa shape index (κ2) is 7.35. The highest BCUT2D eigenvalue weighted by atomic mass is 79.9. The van der Waals surface area contributed by atoms with Gasteiger partial charge in [-0.3, -0.25) is 0 Å². The number of carbonyl (C=O) groups is 1. The zero-order valence-electron chi connectivity index (χ0n) is 9.93. The standard InChI is InChI=1S/C12H15BrO5/c1-2-18-11-4-3-8(5-9(11)13)10(14)6-17-7-12(15)16/h3-5,10,14H,2,6-7H2,1H3,(H,15,16). The maximum atomic E-state index is 10.3.